The molecule has 2 aromatic rings. The zero-order valence-electron chi connectivity index (χ0n) is 19.4. The SMILES string of the molecule is C=CCC(C1CCCCC1)N(NC(=O)c1cccc(OC)c1C)C(=O)c1ccccc1C. The fourth-order valence-corrected chi connectivity index (χ4v) is 4.68. The Morgan fingerprint density at radius 2 is 1.78 bits per heavy atom. The number of methoxy groups -OCH3 is 1. The number of amides is 2. The maximum absolute atomic E-state index is 13.8. The Bertz CT molecular complexity index is 963. The van der Waals surface area contributed by atoms with Gasteiger partial charge in [-0.25, -0.2) is 5.01 Å². The molecule has 1 aliphatic carbocycles. The Morgan fingerprint density at radius 1 is 1.09 bits per heavy atom. The minimum Gasteiger partial charge on any atom is -0.496 e. The first-order valence-corrected chi connectivity index (χ1v) is 11.4. The lowest BCUT2D eigenvalue weighted by Gasteiger charge is -2.38. The summed E-state index contributed by atoms with van der Waals surface area (Å²) in [6.07, 6.45) is 8.08. The van der Waals surface area contributed by atoms with E-state index >= 15 is 0 Å². The van der Waals surface area contributed by atoms with E-state index in [2.05, 4.69) is 12.0 Å². The number of nitrogens with one attached hydrogen (secondary N) is 1. The Hall–Kier alpha value is -3.08. The van der Waals surface area contributed by atoms with Crippen molar-refractivity contribution in [1.29, 1.82) is 0 Å². The Morgan fingerprint density at radius 3 is 2.44 bits per heavy atom. The van der Waals surface area contributed by atoms with Gasteiger partial charge in [0.15, 0.2) is 0 Å². The van der Waals surface area contributed by atoms with Gasteiger partial charge in [-0.2, -0.15) is 0 Å². The summed E-state index contributed by atoms with van der Waals surface area (Å²) in [5, 5.41) is 1.57. The molecule has 1 N–H and O–H groups in total. The number of hydrazine groups is 1. The summed E-state index contributed by atoms with van der Waals surface area (Å²) in [7, 11) is 1.58. The molecule has 1 aliphatic rings. The summed E-state index contributed by atoms with van der Waals surface area (Å²) >= 11 is 0. The molecular weight excluding hydrogens is 400 g/mol. The third-order valence-electron chi connectivity index (χ3n) is 6.50. The van der Waals surface area contributed by atoms with Crippen molar-refractivity contribution in [3.8, 4) is 5.75 Å². The number of carbonyl (C=O) groups is 2. The maximum Gasteiger partial charge on any atom is 0.272 e. The molecule has 0 heterocycles. The Balaban J connectivity index is 1.99. The third kappa shape index (κ3) is 5.21. The van der Waals surface area contributed by atoms with Crippen molar-refractivity contribution >= 4 is 11.8 Å². The first kappa shape index (κ1) is 23.6. The van der Waals surface area contributed by atoms with Crippen molar-refractivity contribution < 1.29 is 14.3 Å². The van der Waals surface area contributed by atoms with Gasteiger partial charge in [-0.3, -0.25) is 15.0 Å². The van der Waals surface area contributed by atoms with Gasteiger partial charge >= 0.3 is 0 Å². The summed E-state index contributed by atoms with van der Waals surface area (Å²) in [6.45, 7) is 7.70. The minimum atomic E-state index is -0.312. The quantitative estimate of drug-likeness (QED) is 0.454. The summed E-state index contributed by atoms with van der Waals surface area (Å²) in [5.41, 5.74) is 5.69. The van der Waals surface area contributed by atoms with Crippen molar-refractivity contribution in [2.24, 2.45) is 5.92 Å². The molecule has 0 aliphatic heterocycles. The summed E-state index contributed by atoms with van der Waals surface area (Å²) < 4.78 is 5.38. The van der Waals surface area contributed by atoms with Crippen LogP contribution in [-0.2, 0) is 0 Å². The number of aryl methyl sites for hydroxylation is 1. The van der Waals surface area contributed by atoms with Crippen LogP contribution in [0.1, 0.15) is 70.4 Å². The van der Waals surface area contributed by atoms with Crippen LogP contribution >= 0.6 is 0 Å². The second kappa shape index (κ2) is 11.0. The minimum absolute atomic E-state index is 0.144. The van der Waals surface area contributed by atoms with Crippen LogP contribution in [0.5, 0.6) is 5.75 Å². The van der Waals surface area contributed by atoms with Gasteiger partial charge in [-0.05, 0) is 62.8 Å². The van der Waals surface area contributed by atoms with E-state index in [1.165, 1.54) is 6.42 Å². The molecule has 32 heavy (non-hydrogen) atoms. The Labute approximate surface area is 191 Å². The predicted molar refractivity (Wildman–Crippen MR) is 128 cm³/mol. The molecule has 1 atom stereocenters. The fraction of sp³-hybridized carbons (Fsp3) is 0.407. The van der Waals surface area contributed by atoms with Crippen molar-refractivity contribution in [3.05, 3.63) is 77.4 Å². The van der Waals surface area contributed by atoms with E-state index in [1.54, 1.807) is 24.3 Å². The highest BCUT2D eigenvalue weighted by molar-refractivity contribution is 6.00. The van der Waals surface area contributed by atoms with Gasteiger partial charge in [0.25, 0.3) is 11.8 Å². The lowest BCUT2D eigenvalue weighted by molar-refractivity contribution is 0.0357. The lowest BCUT2D eigenvalue weighted by Crippen LogP contribution is -2.54. The van der Waals surface area contributed by atoms with E-state index < -0.39 is 0 Å². The van der Waals surface area contributed by atoms with Crippen molar-refractivity contribution in [3.63, 3.8) is 0 Å². The van der Waals surface area contributed by atoms with E-state index in [1.807, 2.05) is 50.3 Å². The summed E-state index contributed by atoms with van der Waals surface area (Å²) in [5.74, 6) is 0.466. The number of carbonyl (C=O) groups excluding carboxylic acids is 2. The molecule has 3 rings (SSSR count). The molecule has 5 heteroatoms. The second-order valence-corrected chi connectivity index (χ2v) is 8.55. The highest BCUT2D eigenvalue weighted by atomic mass is 16.5. The standard InChI is InChI=1S/C27H34N2O3/c1-5-12-24(21-14-7-6-8-15-21)29(27(31)22-16-10-9-13-19(22)2)28-26(30)23-17-11-18-25(32-4)20(23)3/h5,9-11,13,16-18,21,24H,1,6-8,12,14-15H2,2-4H3,(H,28,30). The maximum atomic E-state index is 13.8. The van der Waals surface area contributed by atoms with Crippen molar-refractivity contribution in [1.82, 2.24) is 10.4 Å². The van der Waals surface area contributed by atoms with Crippen LogP contribution in [0.25, 0.3) is 0 Å². The number of rotatable bonds is 7. The number of hydrogen-bond acceptors (Lipinski definition) is 3. The van der Waals surface area contributed by atoms with Gasteiger partial charge in [0, 0.05) is 16.7 Å². The van der Waals surface area contributed by atoms with Crippen LogP contribution in [0.3, 0.4) is 0 Å². The molecule has 5 nitrogen and oxygen atoms in total. The molecule has 170 valence electrons. The Kier molecular flexibility index (Phi) is 8.09. The molecule has 0 aromatic heterocycles. The van der Waals surface area contributed by atoms with E-state index in [0.717, 1.165) is 36.8 Å². The molecular formula is C27H34N2O3. The second-order valence-electron chi connectivity index (χ2n) is 8.55. The van der Waals surface area contributed by atoms with E-state index in [9.17, 15) is 9.59 Å². The first-order chi connectivity index (χ1) is 15.5. The van der Waals surface area contributed by atoms with Crippen LogP contribution in [0, 0.1) is 19.8 Å². The van der Waals surface area contributed by atoms with Gasteiger partial charge in [-0.15, -0.1) is 6.58 Å². The van der Waals surface area contributed by atoms with Gasteiger partial charge < -0.3 is 4.74 Å². The molecule has 2 aromatic carbocycles. The van der Waals surface area contributed by atoms with Gasteiger partial charge in [0.2, 0.25) is 0 Å². The van der Waals surface area contributed by atoms with Crippen LogP contribution in [0.2, 0.25) is 0 Å². The monoisotopic (exact) mass is 434 g/mol. The lowest BCUT2D eigenvalue weighted by atomic mass is 9.82. The van der Waals surface area contributed by atoms with Crippen LogP contribution in [0.4, 0.5) is 0 Å². The zero-order chi connectivity index (χ0) is 23.1. The molecule has 1 unspecified atom stereocenters. The normalized spacial score (nSPS) is 15.0. The molecule has 1 saturated carbocycles. The van der Waals surface area contributed by atoms with Crippen LogP contribution in [0.15, 0.2) is 55.1 Å². The smallest absolute Gasteiger partial charge is 0.272 e. The first-order valence-electron chi connectivity index (χ1n) is 11.4. The molecule has 0 bridgehead atoms. The van der Waals surface area contributed by atoms with E-state index in [0.29, 0.717) is 29.2 Å². The molecule has 0 saturated heterocycles. The molecule has 2 amide bonds. The van der Waals surface area contributed by atoms with Gasteiger partial charge in [-0.1, -0.05) is 49.6 Å². The van der Waals surface area contributed by atoms with Gasteiger partial charge in [0.05, 0.1) is 13.2 Å². The highest BCUT2D eigenvalue weighted by Gasteiger charge is 2.33. The number of hydrogen-bond donors (Lipinski definition) is 1. The molecule has 0 spiro atoms. The van der Waals surface area contributed by atoms with Crippen LogP contribution in [-0.4, -0.2) is 30.0 Å². The summed E-state index contributed by atoms with van der Waals surface area (Å²) in [4.78, 5) is 27.1. The van der Waals surface area contributed by atoms with Gasteiger partial charge in [0.1, 0.15) is 5.75 Å². The summed E-state index contributed by atoms with van der Waals surface area (Å²) in [6, 6.07) is 12.7. The number of ether oxygens (including phenoxy) is 1. The average molecular weight is 435 g/mol. The zero-order valence-corrected chi connectivity index (χ0v) is 19.4. The number of benzene rings is 2. The van der Waals surface area contributed by atoms with E-state index in [4.69, 9.17) is 4.74 Å². The number of nitrogens with zero attached hydrogens (tertiary/aromatic N) is 1. The fourth-order valence-electron chi connectivity index (χ4n) is 4.68. The van der Waals surface area contributed by atoms with Crippen molar-refractivity contribution in [2.75, 3.05) is 7.11 Å². The largest absolute Gasteiger partial charge is 0.496 e. The molecule has 0 radical (unpaired) electrons. The highest BCUT2D eigenvalue weighted by Crippen LogP contribution is 2.31. The van der Waals surface area contributed by atoms with E-state index in [-0.39, 0.29) is 17.9 Å². The average Bonchev–Trinajstić information content (AvgIpc) is 2.81. The molecule has 1 fully saturated rings. The predicted octanol–water partition coefficient (Wildman–Crippen LogP) is 5.62. The third-order valence-corrected chi connectivity index (χ3v) is 6.50. The van der Waals surface area contributed by atoms with Crippen molar-refractivity contribution in [2.45, 2.75) is 58.4 Å². The van der Waals surface area contributed by atoms with Crippen LogP contribution < -0.4 is 10.2 Å². The topological polar surface area (TPSA) is 58.6 Å².